The van der Waals surface area contributed by atoms with Gasteiger partial charge < -0.3 is 41.0 Å². The molecule has 2 aromatic rings. The molecular formula is C41H68N6O5. The second-order valence-corrected chi connectivity index (χ2v) is 13.2. The lowest BCUT2D eigenvalue weighted by Crippen LogP contribution is -2.49. The molecule has 0 aromatic heterocycles. The molecule has 292 valence electrons. The first-order valence-corrected chi connectivity index (χ1v) is 19.2. The van der Waals surface area contributed by atoms with Crippen LogP contribution in [0.4, 0.5) is 0 Å². The Morgan fingerprint density at radius 2 is 1.52 bits per heavy atom. The first kappa shape index (κ1) is 46.4. The molecule has 3 atom stereocenters. The molecule has 11 heteroatoms. The van der Waals surface area contributed by atoms with Gasteiger partial charge in [0.15, 0.2) is 0 Å². The van der Waals surface area contributed by atoms with E-state index in [-0.39, 0.29) is 17.9 Å². The van der Waals surface area contributed by atoms with Crippen LogP contribution >= 0.6 is 0 Å². The van der Waals surface area contributed by atoms with Crippen LogP contribution in [0.3, 0.4) is 0 Å². The number of likely N-dealkylation sites (N-methyl/N-ethyl adjacent to an activating group) is 2. The maximum absolute atomic E-state index is 12.2. The molecule has 5 N–H and O–H groups in total. The van der Waals surface area contributed by atoms with Crippen molar-refractivity contribution < 1.29 is 23.9 Å². The molecule has 3 amide bonds. The Labute approximate surface area is 313 Å². The fraction of sp³-hybridized carbons (Fsp3) is 0.610. The smallest absolute Gasteiger partial charge is 0.243 e. The molecule has 1 aliphatic heterocycles. The van der Waals surface area contributed by atoms with Crippen LogP contribution in [0.25, 0.3) is 0 Å². The van der Waals surface area contributed by atoms with Crippen LogP contribution in [-0.2, 0) is 43.2 Å². The van der Waals surface area contributed by atoms with E-state index in [2.05, 4.69) is 57.8 Å². The zero-order valence-corrected chi connectivity index (χ0v) is 32.9. The number of amides is 3. The molecule has 4 rings (SSSR count). The largest absolute Gasteiger partial charge is 0.378 e. The third-order valence-corrected chi connectivity index (χ3v) is 8.77. The first-order chi connectivity index (χ1) is 25.3. The van der Waals surface area contributed by atoms with Crippen LogP contribution in [0.15, 0.2) is 54.6 Å². The van der Waals surface area contributed by atoms with Crippen LogP contribution in [0.5, 0.6) is 0 Å². The summed E-state index contributed by atoms with van der Waals surface area (Å²) in [4.78, 5) is 48.0. The molecule has 0 saturated carbocycles. The monoisotopic (exact) mass is 725 g/mol. The molecule has 0 spiro atoms. The number of ether oxygens (including phenoxy) is 1. The number of fused-ring (bicyclic) bond motifs is 1. The number of benzene rings is 2. The summed E-state index contributed by atoms with van der Waals surface area (Å²) < 4.78 is 5.25. The van der Waals surface area contributed by atoms with E-state index in [9.17, 15) is 19.2 Å². The third-order valence-electron chi connectivity index (χ3n) is 8.77. The van der Waals surface area contributed by atoms with Crippen LogP contribution in [0, 0.1) is 5.92 Å². The van der Waals surface area contributed by atoms with Crippen molar-refractivity contribution in [3.63, 3.8) is 0 Å². The van der Waals surface area contributed by atoms with E-state index >= 15 is 0 Å². The van der Waals surface area contributed by atoms with Gasteiger partial charge in [-0.3, -0.25) is 14.4 Å². The Bertz CT molecular complexity index is 1220. The lowest BCUT2D eigenvalue weighted by Gasteiger charge is -2.30. The lowest BCUT2D eigenvalue weighted by molar-refractivity contribution is -0.137. The van der Waals surface area contributed by atoms with E-state index in [1.807, 2.05) is 77.0 Å². The summed E-state index contributed by atoms with van der Waals surface area (Å²) >= 11 is 0. The van der Waals surface area contributed by atoms with Crippen molar-refractivity contribution in [1.29, 1.82) is 0 Å². The van der Waals surface area contributed by atoms with E-state index in [4.69, 9.17) is 4.74 Å². The molecule has 0 radical (unpaired) electrons. The topological polar surface area (TPSA) is 141 Å². The number of unbranched alkanes of at least 4 members (excludes halogenated alkanes) is 1. The number of hydrogen-bond donors (Lipinski definition) is 5. The van der Waals surface area contributed by atoms with E-state index in [1.54, 1.807) is 0 Å². The average molecular weight is 725 g/mol. The van der Waals surface area contributed by atoms with Gasteiger partial charge in [0.2, 0.25) is 18.2 Å². The fourth-order valence-electron chi connectivity index (χ4n) is 6.14. The Morgan fingerprint density at radius 3 is 2.04 bits per heavy atom. The van der Waals surface area contributed by atoms with Gasteiger partial charge in [-0.2, -0.15) is 0 Å². The Hall–Kier alpha value is -3.64. The molecule has 2 aliphatic rings. The number of aldehydes is 1. The number of morpholine rings is 1. The molecular weight excluding hydrogens is 656 g/mol. The predicted molar refractivity (Wildman–Crippen MR) is 211 cm³/mol. The number of hydrogen-bond acceptors (Lipinski definition) is 8. The van der Waals surface area contributed by atoms with Crippen LogP contribution in [0.2, 0.25) is 0 Å². The minimum atomic E-state index is -0.681. The molecule has 1 fully saturated rings. The van der Waals surface area contributed by atoms with Crippen molar-refractivity contribution in [2.45, 2.75) is 104 Å². The molecule has 1 heterocycles. The van der Waals surface area contributed by atoms with Crippen LogP contribution < -0.4 is 26.6 Å². The maximum atomic E-state index is 12.2. The number of carbonyl (C=O) groups excluding carboxylic acids is 4. The van der Waals surface area contributed by atoms with Crippen molar-refractivity contribution in [3.05, 3.63) is 71.3 Å². The lowest BCUT2D eigenvalue weighted by atomic mass is 10.0. The summed E-state index contributed by atoms with van der Waals surface area (Å²) in [7, 11) is 3.82. The van der Waals surface area contributed by atoms with Crippen LogP contribution in [0.1, 0.15) is 77.0 Å². The summed E-state index contributed by atoms with van der Waals surface area (Å²) in [5, 5.41) is 14.9. The van der Waals surface area contributed by atoms with Gasteiger partial charge in [-0.15, -0.1) is 0 Å². The van der Waals surface area contributed by atoms with Gasteiger partial charge >= 0.3 is 0 Å². The van der Waals surface area contributed by atoms with Crippen molar-refractivity contribution >= 4 is 24.5 Å². The molecule has 52 heavy (non-hydrogen) atoms. The van der Waals surface area contributed by atoms with Crippen molar-refractivity contribution in [1.82, 2.24) is 31.5 Å². The average Bonchev–Trinajstić information content (AvgIpc) is 3.59. The molecule has 2 unspecified atom stereocenters. The highest BCUT2D eigenvalue weighted by Crippen LogP contribution is 2.21. The van der Waals surface area contributed by atoms with Gasteiger partial charge in [0.25, 0.3) is 0 Å². The Kier molecular flexibility index (Phi) is 25.8. The van der Waals surface area contributed by atoms with Gasteiger partial charge in [-0.25, -0.2) is 0 Å². The number of carbonyl (C=O) groups is 4. The molecule has 1 aliphatic carbocycles. The summed E-state index contributed by atoms with van der Waals surface area (Å²) in [6, 6.07) is 17.6. The number of rotatable bonds is 18. The van der Waals surface area contributed by atoms with Crippen molar-refractivity contribution in [2.24, 2.45) is 5.92 Å². The zero-order valence-electron chi connectivity index (χ0n) is 32.9. The predicted octanol–water partition coefficient (Wildman–Crippen LogP) is 3.69. The van der Waals surface area contributed by atoms with E-state index in [0.29, 0.717) is 44.4 Å². The SMILES string of the molecule is CC.CC(C)C[C@H](C=O)NC(=O)C(Cc1ccccc1)NC=O.CCNC1Cc2ccccc2C1.CNCCCCC(NC)C(=O)N1CCOCC1. The fourth-order valence-corrected chi connectivity index (χ4v) is 6.14. The minimum Gasteiger partial charge on any atom is -0.378 e. The van der Waals surface area contributed by atoms with Gasteiger partial charge in [-0.1, -0.05) is 95.6 Å². The summed E-state index contributed by atoms with van der Waals surface area (Å²) in [5.74, 6) is 0.177. The van der Waals surface area contributed by atoms with E-state index in [1.165, 1.54) is 24.0 Å². The Morgan fingerprint density at radius 1 is 0.904 bits per heavy atom. The zero-order chi connectivity index (χ0) is 38.6. The third kappa shape index (κ3) is 18.7. The highest BCUT2D eigenvalue weighted by molar-refractivity contribution is 5.86. The van der Waals surface area contributed by atoms with Gasteiger partial charge in [0.1, 0.15) is 12.3 Å². The molecule has 11 nitrogen and oxygen atoms in total. The van der Waals surface area contributed by atoms with Gasteiger partial charge in [0, 0.05) is 25.6 Å². The standard InChI is InChI=1S/C16H22N2O3.C12H25N3O2.C11H15N.C2H6/c1-12(2)8-14(10-19)18-16(21)15(17-11-20)9-13-6-4-3-5-7-13;1-13-6-4-3-5-11(14-2)12(16)15-7-9-17-10-8-15;1-2-12-11-7-9-5-3-4-6-10(9)8-11;1-2/h3-7,10-12,14-15H,8-9H2,1-2H3,(H,17,20)(H,18,21);11,13-14H,3-10H2,1-2H3;3-6,11-12H,2,7-8H2,1H3;1-2H3/t14-,15?;;;/m1.../s1. The second-order valence-electron chi connectivity index (χ2n) is 13.2. The number of nitrogens with one attached hydrogen (secondary N) is 5. The highest BCUT2D eigenvalue weighted by atomic mass is 16.5. The number of nitrogens with zero attached hydrogens (tertiary/aromatic N) is 1. The van der Waals surface area contributed by atoms with Crippen molar-refractivity contribution in [2.75, 3.05) is 53.5 Å². The van der Waals surface area contributed by atoms with Crippen molar-refractivity contribution in [3.8, 4) is 0 Å². The second kappa shape index (κ2) is 28.9. The normalized spacial score (nSPS) is 15.2. The van der Waals surface area contributed by atoms with Gasteiger partial charge in [-0.05, 0) is 81.9 Å². The summed E-state index contributed by atoms with van der Waals surface area (Å²) in [5.41, 5.74) is 4.01. The quantitative estimate of drug-likeness (QED) is 0.116. The summed E-state index contributed by atoms with van der Waals surface area (Å²) in [6.45, 7) is 15.0. The maximum Gasteiger partial charge on any atom is 0.243 e. The van der Waals surface area contributed by atoms with Crippen LogP contribution in [-0.4, -0.2) is 107 Å². The highest BCUT2D eigenvalue weighted by Gasteiger charge is 2.24. The first-order valence-electron chi connectivity index (χ1n) is 19.2. The summed E-state index contributed by atoms with van der Waals surface area (Å²) in [6.07, 6.45) is 7.73. The minimum absolute atomic E-state index is 0.0371. The van der Waals surface area contributed by atoms with E-state index < -0.39 is 12.1 Å². The van der Waals surface area contributed by atoms with Gasteiger partial charge in [0.05, 0.1) is 25.3 Å². The molecule has 2 aromatic carbocycles. The van der Waals surface area contributed by atoms with E-state index in [0.717, 1.165) is 57.3 Å². The molecule has 1 saturated heterocycles. The molecule has 0 bridgehead atoms. The Balaban J connectivity index is 0.000000392.